The molecule has 1 saturated heterocycles. The summed E-state index contributed by atoms with van der Waals surface area (Å²) in [6.07, 6.45) is 4.24. The molecule has 1 aromatic rings. The number of nitrogens with zero attached hydrogens (tertiary/aromatic N) is 3. The Labute approximate surface area is 102 Å². The molecule has 90 valence electrons. The largest absolute Gasteiger partial charge is 0.321 e. The first-order valence-electron chi connectivity index (χ1n) is 5.75. The molecule has 0 bridgehead atoms. The topological polar surface area (TPSA) is 33.1 Å². The van der Waals surface area contributed by atoms with Crippen LogP contribution in [-0.4, -0.2) is 40.6 Å². The summed E-state index contributed by atoms with van der Waals surface area (Å²) in [7, 11) is 4.11. The van der Waals surface area contributed by atoms with Gasteiger partial charge in [-0.15, -0.1) is 0 Å². The zero-order chi connectivity index (χ0) is 11.5. The molecule has 2 heterocycles. The average Bonchev–Trinajstić information content (AvgIpc) is 2.62. The molecule has 1 fully saturated rings. The van der Waals surface area contributed by atoms with E-state index < -0.39 is 0 Å². The second-order valence-corrected chi connectivity index (χ2v) is 4.86. The first kappa shape index (κ1) is 11.9. The third-order valence-corrected chi connectivity index (χ3v) is 3.66. The highest BCUT2D eigenvalue weighted by Crippen LogP contribution is 2.14. The van der Waals surface area contributed by atoms with E-state index in [2.05, 4.69) is 22.2 Å². The fourth-order valence-corrected chi connectivity index (χ4v) is 2.28. The second kappa shape index (κ2) is 5.17. The van der Waals surface area contributed by atoms with Crippen LogP contribution in [0.2, 0.25) is 5.15 Å². The van der Waals surface area contributed by atoms with Gasteiger partial charge in [0.05, 0.1) is 12.7 Å². The van der Waals surface area contributed by atoms with Crippen molar-refractivity contribution in [3.8, 4) is 0 Å². The number of aromatic nitrogens is 2. The van der Waals surface area contributed by atoms with E-state index in [0.29, 0.717) is 11.2 Å². The molecule has 4 nitrogen and oxygen atoms in total. The summed E-state index contributed by atoms with van der Waals surface area (Å²) in [6.45, 7) is 3.09. The van der Waals surface area contributed by atoms with Gasteiger partial charge in [0.25, 0.3) is 0 Å². The summed E-state index contributed by atoms with van der Waals surface area (Å²) in [5.74, 6) is 1.03. The predicted molar refractivity (Wildman–Crippen MR) is 65.6 cm³/mol. The van der Waals surface area contributed by atoms with Gasteiger partial charge in [0.15, 0.2) is 0 Å². The van der Waals surface area contributed by atoms with Crippen molar-refractivity contribution in [1.82, 2.24) is 19.8 Å². The zero-order valence-corrected chi connectivity index (χ0v) is 10.7. The Morgan fingerprint density at radius 2 is 2.50 bits per heavy atom. The van der Waals surface area contributed by atoms with Gasteiger partial charge < -0.3 is 9.88 Å². The lowest BCUT2D eigenvalue weighted by Crippen LogP contribution is -2.44. The Kier molecular flexibility index (Phi) is 3.84. The van der Waals surface area contributed by atoms with Gasteiger partial charge in [0.1, 0.15) is 11.0 Å². The maximum absolute atomic E-state index is 5.97. The molecule has 1 unspecified atom stereocenters. The molecule has 2 rings (SSSR count). The van der Waals surface area contributed by atoms with Crippen molar-refractivity contribution in [2.75, 3.05) is 20.1 Å². The van der Waals surface area contributed by atoms with E-state index in [1.54, 1.807) is 6.20 Å². The smallest absolute Gasteiger partial charge is 0.128 e. The van der Waals surface area contributed by atoms with E-state index in [4.69, 9.17) is 11.6 Å². The number of piperidine rings is 1. The number of hydrogen-bond acceptors (Lipinski definition) is 3. The van der Waals surface area contributed by atoms with Crippen molar-refractivity contribution >= 4 is 11.6 Å². The lowest BCUT2D eigenvalue weighted by Gasteiger charge is -2.31. The Morgan fingerprint density at radius 1 is 1.69 bits per heavy atom. The molecule has 0 aliphatic carbocycles. The third-order valence-electron chi connectivity index (χ3n) is 3.31. The minimum Gasteiger partial charge on any atom is -0.321 e. The van der Waals surface area contributed by atoms with Crippen LogP contribution in [0, 0.1) is 0 Å². The highest BCUT2D eigenvalue weighted by molar-refractivity contribution is 6.29. The first-order valence-corrected chi connectivity index (χ1v) is 6.13. The molecule has 1 atom stereocenters. The van der Waals surface area contributed by atoms with Crippen LogP contribution in [0.4, 0.5) is 0 Å². The standard InChI is InChI=1S/C11H19ClN4/c1-15(9-4-3-5-13-6-9)8-11-14-7-10(12)16(11)2/h7,9,13H,3-6,8H2,1-2H3. The summed E-state index contributed by atoms with van der Waals surface area (Å²) < 4.78 is 1.94. The van der Waals surface area contributed by atoms with Crippen LogP contribution in [0.1, 0.15) is 18.7 Å². The molecule has 1 aromatic heterocycles. The van der Waals surface area contributed by atoms with Gasteiger partial charge in [-0.05, 0) is 26.4 Å². The molecular formula is C11H19ClN4. The fourth-order valence-electron chi connectivity index (χ4n) is 2.13. The molecule has 1 aliphatic rings. The Hall–Kier alpha value is -0.580. The molecule has 1 aliphatic heterocycles. The van der Waals surface area contributed by atoms with E-state index >= 15 is 0 Å². The Balaban J connectivity index is 1.95. The molecule has 0 radical (unpaired) electrons. The van der Waals surface area contributed by atoms with Gasteiger partial charge in [-0.3, -0.25) is 4.90 Å². The molecule has 5 heteroatoms. The predicted octanol–water partition coefficient (Wildman–Crippen LogP) is 1.26. The van der Waals surface area contributed by atoms with E-state index in [0.717, 1.165) is 25.5 Å². The molecular weight excluding hydrogens is 224 g/mol. The lowest BCUT2D eigenvalue weighted by atomic mass is 10.1. The van der Waals surface area contributed by atoms with Crippen LogP contribution in [0.15, 0.2) is 6.20 Å². The van der Waals surface area contributed by atoms with E-state index in [9.17, 15) is 0 Å². The highest BCUT2D eigenvalue weighted by Gasteiger charge is 2.19. The maximum Gasteiger partial charge on any atom is 0.128 e. The van der Waals surface area contributed by atoms with E-state index in [1.807, 2.05) is 11.6 Å². The van der Waals surface area contributed by atoms with Crippen LogP contribution in [-0.2, 0) is 13.6 Å². The summed E-state index contributed by atoms with van der Waals surface area (Å²) in [5, 5.41) is 4.13. The summed E-state index contributed by atoms with van der Waals surface area (Å²) in [5.41, 5.74) is 0. The number of nitrogens with one attached hydrogen (secondary N) is 1. The molecule has 0 spiro atoms. The van der Waals surface area contributed by atoms with Gasteiger partial charge in [-0.1, -0.05) is 11.6 Å². The van der Waals surface area contributed by atoms with Crippen molar-refractivity contribution in [2.24, 2.45) is 7.05 Å². The van der Waals surface area contributed by atoms with Gasteiger partial charge >= 0.3 is 0 Å². The van der Waals surface area contributed by atoms with Crippen LogP contribution < -0.4 is 5.32 Å². The van der Waals surface area contributed by atoms with Crippen molar-refractivity contribution in [2.45, 2.75) is 25.4 Å². The highest BCUT2D eigenvalue weighted by atomic mass is 35.5. The van der Waals surface area contributed by atoms with Gasteiger partial charge in [-0.25, -0.2) is 4.98 Å². The van der Waals surface area contributed by atoms with E-state index in [-0.39, 0.29) is 0 Å². The number of imidazole rings is 1. The van der Waals surface area contributed by atoms with Crippen LogP contribution in [0.25, 0.3) is 0 Å². The molecule has 0 saturated carbocycles. The maximum atomic E-state index is 5.97. The average molecular weight is 243 g/mol. The Bertz CT molecular complexity index is 344. The fraction of sp³-hybridized carbons (Fsp3) is 0.727. The number of halogens is 1. The summed E-state index contributed by atoms with van der Waals surface area (Å²) in [6, 6.07) is 0.615. The van der Waals surface area contributed by atoms with Gasteiger partial charge in [0.2, 0.25) is 0 Å². The Morgan fingerprint density at radius 3 is 3.06 bits per heavy atom. The number of rotatable bonds is 3. The van der Waals surface area contributed by atoms with Crippen molar-refractivity contribution in [3.05, 3.63) is 17.2 Å². The van der Waals surface area contributed by atoms with Gasteiger partial charge in [-0.2, -0.15) is 0 Å². The first-order chi connectivity index (χ1) is 7.68. The number of likely N-dealkylation sites (N-methyl/N-ethyl adjacent to an activating group) is 1. The van der Waals surface area contributed by atoms with Crippen LogP contribution in [0.3, 0.4) is 0 Å². The normalized spacial score (nSPS) is 21.6. The van der Waals surface area contributed by atoms with Crippen LogP contribution in [0.5, 0.6) is 0 Å². The molecule has 0 aromatic carbocycles. The monoisotopic (exact) mass is 242 g/mol. The zero-order valence-electron chi connectivity index (χ0n) is 9.91. The van der Waals surface area contributed by atoms with Crippen molar-refractivity contribution in [1.29, 1.82) is 0 Å². The van der Waals surface area contributed by atoms with Crippen molar-refractivity contribution < 1.29 is 0 Å². The molecule has 1 N–H and O–H groups in total. The number of hydrogen-bond donors (Lipinski definition) is 1. The van der Waals surface area contributed by atoms with Crippen LogP contribution >= 0.6 is 11.6 Å². The summed E-state index contributed by atoms with van der Waals surface area (Å²) >= 11 is 5.97. The van der Waals surface area contributed by atoms with Crippen molar-refractivity contribution in [3.63, 3.8) is 0 Å². The molecule has 16 heavy (non-hydrogen) atoms. The second-order valence-electron chi connectivity index (χ2n) is 4.47. The van der Waals surface area contributed by atoms with Gasteiger partial charge in [0, 0.05) is 19.6 Å². The quantitative estimate of drug-likeness (QED) is 0.867. The lowest BCUT2D eigenvalue weighted by molar-refractivity contribution is 0.190. The third kappa shape index (κ3) is 2.56. The minimum atomic E-state index is 0.615. The minimum absolute atomic E-state index is 0.615. The summed E-state index contributed by atoms with van der Waals surface area (Å²) in [4.78, 5) is 6.67. The van der Waals surface area contributed by atoms with E-state index in [1.165, 1.54) is 12.8 Å². The molecule has 0 amide bonds. The SMILES string of the molecule is CN(Cc1ncc(Cl)n1C)C1CCCNC1.